The molecular weight excluding hydrogens is 354 g/mol. The molecule has 2 aliphatic rings. The van der Waals surface area contributed by atoms with E-state index in [1.54, 1.807) is 25.3 Å². The number of hydrogen-bond donors (Lipinski definition) is 3. The van der Waals surface area contributed by atoms with Crippen molar-refractivity contribution in [3.63, 3.8) is 0 Å². The average molecular weight is 371 g/mol. The summed E-state index contributed by atoms with van der Waals surface area (Å²) < 4.78 is 5.77. The van der Waals surface area contributed by atoms with Gasteiger partial charge in [0.05, 0.1) is 12.3 Å². The smallest absolute Gasteiger partial charge is 0.236 e. The topological polar surface area (TPSA) is 94.9 Å². The highest BCUT2D eigenvalue weighted by atomic mass is 32.1. The van der Waals surface area contributed by atoms with Crippen molar-refractivity contribution >= 4 is 28.9 Å². The number of aliphatic hydroxyl groups excluding tert-OH is 1. The van der Waals surface area contributed by atoms with E-state index in [2.05, 4.69) is 10.3 Å². The number of ether oxygens (including phenoxy) is 1. The highest BCUT2D eigenvalue weighted by Crippen LogP contribution is 2.44. The van der Waals surface area contributed by atoms with E-state index in [4.69, 9.17) is 17.0 Å². The second-order valence-electron chi connectivity index (χ2n) is 6.30. The zero-order valence-electron chi connectivity index (χ0n) is 13.9. The van der Waals surface area contributed by atoms with Crippen molar-refractivity contribution in [3.05, 3.63) is 53.3 Å². The fourth-order valence-corrected chi connectivity index (χ4v) is 3.76. The Balaban J connectivity index is 1.75. The summed E-state index contributed by atoms with van der Waals surface area (Å²) in [7, 11) is 0. The molecule has 4 rings (SSSR count). The molecular formula is C18H17N3O4S. The minimum atomic E-state index is -1.23. The lowest BCUT2D eigenvalue weighted by Gasteiger charge is -2.40. The molecule has 1 saturated heterocycles. The molecule has 2 aliphatic heterocycles. The molecule has 3 atom stereocenters. The predicted octanol–water partition coefficient (Wildman–Crippen LogP) is 1.52. The van der Waals surface area contributed by atoms with Gasteiger partial charge < -0.3 is 20.3 Å². The van der Waals surface area contributed by atoms with Crippen LogP contribution in [0.15, 0.2) is 36.5 Å². The number of para-hydroxylation sites is 1. The summed E-state index contributed by atoms with van der Waals surface area (Å²) >= 11 is 5.25. The van der Waals surface area contributed by atoms with Gasteiger partial charge in [-0.1, -0.05) is 18.2 Å². The lowest BCUT2D eigenvalue weighted by atomic mass is 9.90. The largest absolute Gasteiger partial charge is 0.506 e. The maximum atomic E-state index is 12.6. The Kier molecular flexibility index (Phi) is 4.10. The van der Waals surface area contributed by atoms with Gasteiger partial charge >= 0.3 is 0 Å². The third-order valence-electron chi connectivity index (χ3n) is 4.76. The summed E-state index contributed by atoms with van der Waals surface area (Å²) in [6, 6.07) is 9.07. The Morgan fingerprint density at radius 1 is 1.35 bits per heavy atom. The molecule has 1 fully saturated rings. The standard InChI is InChI=1S/C18H17N3O4S/c1-9-14(22)12-10(7-19-9)8-25-15(12)13-16(23)20-18(26)21(17(13)24)11-5-3-2-4-6-11/h2-7,13,15,17,22,24H,8H2,1H3,(H,20,23,26). The number of aryl methyl sites for hydroxylation is 1. The number of carbonyl (C=O) groups is 1. The van der Waals surface area contributed by atoms with E-state index in [9.17, 15) is 15.0 Å². The predicted molar refractivity (Wildman–Crippen MR) is 97.3 cm³/mol. The van der Waals surface area contributed by atoms with Crippen molar-refractivity contribution in [2.75, 3.05) is 4.90 Å². The molecule has 0 spiro atoms. The number of aliphatic hydroxyl groups is 1. The van der Waals surface area contributed by atoms with Gasteiger partial charge in [0.2, 0.25) is 5.91 Å². The quantitative estimate of drug-likeness (QED) is 0.689. The Bertz CT molecular complexity index is 890. The van der Waals surface area contributed by atoms with Crippen LogP contribution < -0.4 is 10.2 Å². The van der Waals surface area contributed by atoms with Gasteiger partial charge in [0.25, 0.3) is 0 Å². The summed E-state index contributed by atoms with van der Waals surface area (Å²) in [6.07, 6.45) is -0.407. The molecule has 2 aromatic rings. The molecule has 134 valence electrons. The molecule has 3 N–H and O–H groups in total. The Morgan fingerprint density at radius 3 is 2.81 bits per heavy atom. The SMILES string of the molecule is Cc1ncc2c(c1O)C(C1C(=O)NC(=S)N(c3ccccc3)C1O)OC2. The number of anilines is 1. The van der Waals surface area contributed by atoms with E-state index in [0.29, 0.717) is 22.5 Å². The maximum Gasteiger partial charge on any atom is 0.236 e. The van der Waals surface area contributed by atoms with Crippen molar-refractivity contribution in [3.8, 4) is 5.75 Å². The zero-order chi connectivity index (χ0) is 18.4. The fraction of sp³-hybridized carbons (Fsp3) is 0.278. The second-order valence-corrected chi connectivity index (χ2v) is 6.69. The molecule has 1 amide bonds. The molecule has 3 unspecified atom stereocenters. The van der Waals surface area contributed by atoms with Crippen LogP contribution in [-0.2, 0) is 16.1 Å². The number of nitrogens with zero attached hydrogens (tertiary/aromatic N) is 2. The minimum absolute atomic E-state index is 0.00980. The summed E-state index contributed by atoms with van der Waals surface area (Å²) in [6.45, 7) is 1.89. The molecule has 1 aromatic heterocycles. The first-order valence-corrected chi connectivity index (χ1v) is 8.56. The van der Waals surface area contributed by atoms with Crippen LogP contribution in [0.4, 0.5) is 5.69 Å². The van der Waals surface area contributed by atoms with Gasteiger partial charge in [0.15, 0.2) is 5.11 Å². The summed E-state index contributed by atoms with van der Waals surface area (Å²) in [5, 5.41) is 24.2. The van der Waals surface area contributed by atoms with E-state index in [1.807, 2.05) is 18.2 Å². The number of aromatic hydroxyl groups is 1. The summed E-state index contributed by atoms with van der Waals surface area (Å²) in [5.41, 5.74) is 2.30. The van der Waals surface area contributed by atoms with E-state index < -0.39 is 24.2 Å². The highest BCUT2D eigenvalue weighted by molar-refractivity contribution is 7.80. The van der Waals surface area contributed by atoms with E-state index in [-0.39, 0.29) is 17.5 Å². The van der Waals surface area contributed by atoms with Crippen LogP contribution >= 0.6 is 12.2 Å². The van der Waals surface area contributed by atoms with E-state index in [0.717, 1.165) is 0 Å². The Labute approximate surface area is 155 Å². The van der Waals surface area contributed by atoms with Crippen molar-refractivity contribution in [1.82, 2.24) is 10.3 Å². The number of aromatic nitrogens is 1. The van der Waals surface area contributed by atoms with Gasteiger partial charge in [-0.25, -0.2) is 0 Å². The highest BCUT2D eigenvalue weighted by Gasteiger charge is 2.48. The first-order valence-electron chi connectivity index (χ1n) is 8.15. The summed E-state index contributed by atoms with van der Waals surface area (Å²) in [5.74, 6) is -1.42. The van der Waals surface area contributed by atoms with Crippen molar-refractivity contribution in [2.45, 2.75) is 25.9 Å². The minimum Gasteiger partial charge on any atom is -0.506 e. The molecule has 1 aromatic carbocycles. The third-order valence-corrected chi connectivity index (χ3v) is 5.06. The normalized spacial score (nSPS) is 25.2. The average Bonchev–Trinajstić information content (AvgIpc) is 3.03. The van der Waals surface area contributed by atoms with Gasteiger partial charge in [0, 0.05) is 23.0 Å². The van der Waals surface area contributed by atoms with Crippen molar-refractivity contribution in [1.29, 1.82) is 0 Å². The van der Waals surface area contributed by atoms with Gasteiger partial charge in [-0.15, -0.1) is 0 Å². The van der Waals surface area contributed by atoms with Crippen LogP contribution in [0, 0.1) is 12.8 Å². The molecule has 7 nitrogen and oxygen atoms in total. The number of pyridine rings is 1. The van der Waals surface area contributed by atoms with Gasteiger partial charge in [-0.3, -0.25) is 14.7 Å². The molecule has 3 heterocycles. The molecule has 0 aliphatic carbocycles. The Hall–Kier alpha value is -2.55. The zero-order valence-corrected chi connectivity index (χ0v) is 14.7. The number of nitrogens with one attached hydrogen (secondary N) is 1. The number of rotatable bonds is 2. The van der Waals surface area contributed by atoms with E-state index in [1.165, 1.54) is 4.90 Å². The lowest BCUT2D eigenvalue weighted by Crippen LogP contribution is -2.61. The third kappa shape index (κ3) is 2.54. The summed E-state index contributed by atoms with van der Waals surface area (Å²) in [4.78, 5) is 18.2. The lowest BCUT2D eigenvalue weighted by molar-refractivity contribution is -0.136. The van der Waals surface area contributed by atoms with Crippen LogP contribution in [-0.4, -0.2) is 32.4 Å². The first-order chi connectivity index (χ1) is 12.5. The molecule has 0 saturated carbocycles. The fourth-order valence-electron chi connectivity index (χ4n) is 3.45. The molecule has 8 heteroatoms. The van der Waals surface area contributed by atoms with E-state index >= 15 is 0 Å². The number of fused-ring (bicyclic) bond motifs is 1. The maximum absolute atomic E-state index is 12.6. The Morgan fingerprint density at radius 2 is 2.08 bits per heavy atom. The van der Waals surface area contributed by atoms with Crippen molar-refractivity contribution in [2.24, 2.45) is 5.92 Å². The molecule has 26 heavy (non-hydrogen) atoms. The van der Waals surface area contributed by atoms with Crippen LogP contribution in [0.25, 0.3) is 0 Å². The monoisotopic (exact) mass is 371 g/mol. The van der Waals surface area contributed by atoms with Gasteiger partial charge in [-0.05, 0) is 31.3 Å². The van der Waals surface area contributed by atoms with Gasteiger partial charge in [-0.2, -0.15) is 0 Å². The number of carbonyl (C=O) groups excluding carboxylic acids is 1. The number of benzene rings is 1. The number of amides is 1. The van der Waals surface area contributed by atoms with Crippen molar-refractivity contribution < 1.29 is 19.7 Å². The number of thiocarbonyl (C=S) groups is 1. The van der Waals surface area contributed by atoms with Gasteiger partial charge in [0.1, 0.15) is 24.0 Å². The van der Waals surface area contributed by atoms with Crippen LogP contribution in [0.1, 0.15) is 22.9 Å². The number of hydrogen-bond acceptors (Lipinski definition) is 6. The van der Waals surface area contributed by atoms with Crippen LogP contribution in [0.3, 0.4) is 0 Å². The second kappa shape index (κ2) is 6.31. The van der Waals surface area contributed by atoms with Crippen LogP contribution in [0.5, 0.6) is 5.75 Å². The first kappa shape index (κ1) is 16.9. The van der Waals surface area contributed by atoms with Crippen LogP contribution in [0.2, 0.25) is 0 Å². The molecule has 0 radical (unpaired) electrons. The molecule has 0 bridgehead atoms.